The summed E-state index contributed by atoms with van der Waals surface area (Å²) < 4.78 is 4.90. The number of carbonyl (C=O) groups is 5. The number of benzene rings is 1. The van der Waals surface area contributed by atoms with Crippen molar-refractivity contribution in [2.45, 2.75) is 96.4 Å². The summed E-state index contributed by atoms with van der Waals surface area (Å²) in [6.07, 6.45) is 5.39. The van der Waals surface area contributed by atoms with Crippen molar-refractivity contribution in [3.63, 3.8) is 0 Å². The summed E-state index contributed by atoms with van der Waals surface area (Å²) in [5, 5.41) is 17.9. The van der Waals surface area contributed by atoms with Gasteiger partial charge in [-0.25, -0.2) is 9.78 Å². The van der Waals surface area contributed by atoms with Crippen LogP contribution in [0.3, 0.4) is 0 Å². The third-order valence-corrected chi connectivity index (χ3v) is 8.92. The lowest BCUT2D eigenvalue weighted by molar-refractivity contribution is -0.148. The second-order valence-electron chi connectivity index (χ2n) is 12.3. The molecular formula is C33H49N7O7. The van der Waals surface area contributed by atoms with Crippen molar-refractivity contribution in [1.82, 2.24) is 30.8 Å². The molecule has 0 radical (unpaired) electrons. The summed E-state index contributed by atoms with van der Waals surface area (Å²) in [5.41, 5.74) is 7.52. The molecule has 7 atom stereocenters. The molecule has 1 aromatic heterocycles. The summed E-state index contributed by atoms with van der Waals surface area (Å²) in [5.74, 6) is -2.99. The first-order valence-electron chi connectivity index (χ1n) is 16.2. The normalized spacial score (nSPS) is 18.3. The van der Waals surface area contributed by atoms with E-state index in [1.807, 2.05) is 27.7 Å². The Kier molecular flexibility index (Phi) is 13.7. The van der Waals surface area contributed by atoms with E-state index in [1.165, 1.54) is 30.5 Å². The summed E-state index contributed by atoms with van der Waals surface area (Å²) in [6.45, 7) is 7.73. The van der Waals surface area contributed by atoms with Crippen LogP contribution < -0.4 is 21.7 Å². The molecular weight excluding hydrogens is 606 g/mol. The Morgan fingerprint density at radius 3 is 2.26 bits per heavy atom. The number of ether oxygens (including phenoxy) is 1. The average Bonchev–Trinajstić information content (AvgIpc) is 3.78. The molecule has 14 heteroatoms. The highest BCUT2D eigenvalue weighted by Crippen LogP contribution is 2.21. The van der Waals surface area contributed by atoms with E-state index >= 15 is 0 Å². The van der Waals surface area contributed by atoms with Crippen molar-refractivity contribution in [2.75, 3.05) is 13.7 Å². The minimum absolute atomic E-state index is 0.0641. The fourth-order valence-electron chi connectivity index (χ4n) is 5.57. The topological polar surface area (TPSA) is 209 Å². The highest BCUT2D eigenvalue weighted by atomic mass is 16.5. The van der Waals surface area contributed by atoms with Crippen LogP contribution in [0.1, 0.15) is 64.6 Å². The minimum Gasteiger partial charge on any atom is -0.508 e. The van der Waals surface area contributed by atoms with E-state index in [-0.39, 0.29) is 37.0 Å². The number of phenolic OH excluding ortho intramolecular Hbond substituents is 1. The lowest BCUT2D eigenvalue weighted by Gasteiger charge is -2.32. The van der Waals surface area contributed by atoms with Gasteiger partial charge in [0.05, 0.1) is 19.5 Å². The summed E-state index contributed by atoms with van der Waals surface area (Å²) in [7, 11) is 1.26. The number of hydrogen-bond donors (Lipinski definition) is 6. The van der Waals surface area contributed by atoms with Gasteiger partial charge in [0.1, 0.15) is 29.9 Å². The van der Waals surface area contributed by atoms with Gasteiger partial charge in [0.15, 0.2) is 0 Å². The minimum atomic E-state index is -1.09. The SMILES string of the molecule is CC[C@H](C)[C@H](NC(=O)[C@@H](N)Cc1ccc(O)cc1)C(=O)N[C@@H](Cc1cnc[nH]1)C(=O)N1CCC[C@H]1C(=O)N[C@H](C(=O)OC)[C@@H](C)CC. The van der Waals surface area contributed by atoms with Gasteiger partial charge in [-0.15, -0.1) is 0 Å². The van der Waals surface area contributed by atoms with E-state index in [9.17, 15) is 29.1 Å². The molecule has 7 N–H and O–H groups in total. The van der Waals surface area contributed by atoms with Crippen LogP contribution in [0.5, 0.6) is 5.75 Å². The first-order chi connectivity index (χ1) is 22.4. The number of amides is 4. The molecule has 2 heterocycles. The molecule has 1 saturated heterocycles. The maximum absolute atomic E-state index is 14.1. The molecule has 2 aromatic rings. The standard InChI is InChI=1S/C33H49N7O7/c1-6-19(3)27(38-29(42)24(34)15-21-10-12-23(41)13-11-21)31(44)37-25(16-22-17-35-18-36-22)32(45)40-14-8-9-26(40)30(43)39-28(20(4)7-2)33(46)47-5/h10-13,17-20,24-28,41H,6-9,14-16,34H2,1-5H3,(H,35,36)(H,37,44)(H,38,42)(H,39,43)/t19-,20-,24-,25-,26-,27-,28-/m0/s1. The Morgan fingerprint density at radius 1 is 1.00 bits per heavy atom. The van der Waals surface area contributed by atoms with Crippen molar-refractivity contribution in [3.8, 4) is 5.75 Å². The van der Waals surface area contributed by atoms with Gasteiger partial charge in [-0.2, -0.15) is 0 Å². The quantitative estimate of drug-likeness (QED) is 0.142. The number of imidazole rings is 1. The van der Waals surface area contributed by atoms with E-state index < -0.39 is 59.8 Å². The number of aromatic amines is 1. The van der Waals surface area contributed by atoms with Crippen LogP contribution in [0.15, 0.2) is 36.8 Å². The number of carbonyl (C=O) groups excluding carboxylic acids is 5. The number of nitrogens with one attached hydrogen (secondary N) is 4. The Morgan fingerprint density at radius 2 is 1.66 bits per heavy atom. The molecule has 0 bridgehead atoms. The molecule has 1 aromatic carbocycles. The number of methoxy groups -OCH3 is 1. The zero-order chi connectivity index (χ0) is 34.7. The molecule has 1 aliphatic heterocycles. The van der Waals surface area contributed by atoms with Gasteiger partial charge in [0.25, 0.3) is 0 Å². The summed E-state index contributed by atoms with van der Waals surface area (Å²) >= 11 is 0. The first-order valence-corrected chi connectivity index (χ1v) is 16.2. The molecule has 47 heavy (non-hydrogen) atoms. The van der Waals surface area contributed by atoms with Crippen LogP contribution in [0, 0.1) is 11.8 Å². The predicted octanol–water partition coefficient (Wildman–Crippen LogP) is 0.938. The van der Waals surface area contributed by atoms with E-state index in [2.05, 4.69) is 25.9 Å². The van der Waals surface area contributed by atoms with Crippen molar-refractivity contribution in [2.24, 2.45) is 17.6 Å². The predicted molar refractivity (Wildman–Crippen MR) is 174 cm³/mol. The monoisotopic (exact) mass is 655 g/mol. The molecule has 14 nitrogen and oxygen atoms in total. The van der Waals surface area contributed by atoms with Crippen molar-refractivity contribution in [1.29, 1.82) is 0 Å². The Balaban J connectivity index is 1.79. The van der Waals surface area contributed by atoms with Gasteiger partial charge >= 0.3 is 5.97 Å². The Labute approximate surface area is 275 Å². The molecule has 258 valence electrons. The first kappa shape index (κ1) is 37.0. The number of aromatic nitrogens is 2. The largest absolute Gasteiger partial charge is 0.508 e. The molecule has 0 saturated carbocycles. The van der Waals surface area contributed by atoms with E-state index in [0.29, 0.717) is 31.4 Å². The highest BCUT2D eigenvalue weighted by Gasteiger charge is 2.40. The van der Waals surface area contributed by atoms with Crippen molar-refractivity contribution < 1.29 is 33.8 Å². The number of nitrogens with two attached hydrogens (primary N) is 1. The number of rotatable bonds is 16. The van der Waals surface area contributed by atoms with Crippen LogP contribution in [0.4, 0.5) is 0 Å². The number of H-pyrrole nitrogens is 1. The van der Waals surface area contributed by atoms with Crippen LogP contribution in [-0.2, 0) is 41.6 Å². The molecule has 3 rings (SSSR count). The molecule has 1 fully saturated rings. The van der Waals surface area contributed by atoms with Crippen molar-refractivity contribution >= 4 is 29.6 Å². The van der Waals surface area contributed by atoms with Gasteiger partial charge in [0.2, 0.25) is 23.6 Å². The Bertz CT molecular complexity index is 1350. The number of nitrogens with zero attached hydrogens (tertiary/aromatic N) is 2. The van der Waals surface area contributed by atoms with E-state index in [0.717, 1.165) is 5.56 Å². The van der Waals surface area contributed by atoms with E-state index in [4.69, 9.17) is 10.5 Å². The molecule has 0 spiro atoms. The third kappa shape index (κ3) is 10.0. The van der Waals surface area contributed by atoms with Gasteiger partial charge in [-0.1, -0.05) is 52.7 Å². The van der Waals surface area contributed by atoms with Crippen LogP contribution >= 0.6 is 0 Å². The van der Waals surface area contributed by atoms with Crippen LogP contribution in [-0.4, -0.2) is 93.4 Å². The third-order valence-electron chi connectivity index (χ3n) is 8.92. The summed E-state index contributed by atoms with van der Waals surface area (Å²) in [6, 6.07) is 1.58. The van der Waals surface area contributed by atoms with Crippen molar-refractivity contribution in [3.05, 3.63) is 48.0 Å². The van der Waals surface area contributed by atoms with Crippen LogP contribution in [0.25, 0.3) is 0 Å². The number of esters is 1. The van der Waals surface area contributed by atoms with E-state index in [1.54, 1.807) is 18.3 Å². The number of hydrogen-bond acceptors (Lipinski definition) is 9. The lowest BCUT2D eigenvalue weighted by Crippen LogP contribution is -2.60. The second-order valence-corrected chi connectivity index (χ2v) is 12.3. The molecule has 0 aliphatic carbocycles. The second kappa shape index (κ2) is 17.5. The smallest absolute Gasteiger partial charge is 0.328 e. The lowest BCUT2D eigenvalue weighted by atomic mass is 9.96. The van der Waals surface area contributed by atoms with Gasteiger partial charge in [-0.3, -0.25) is 19.2 Å². The average molecular weight is 656 g/mol. The van der Waals surface area contributed by atoms with Crippen LogP contribution in [0.2, 0.25) is 0 Å². The molecule has 1 aliphatic rings. The molecule has 0 unspecified atom stereocenters. The van der Waals surface area contributed by atoms with Gasteiger partial charge < -0.3 is 41.4 Å². The fourth-order valence-corrected chi connectivity index (χ4v) is 5.57. The maximum Gasteiger partial charge on any atom is 0.328 e. The maximum atomic E-state index is 14.1. The highest BCUT2D eigenvalue weighted by molar-refractivity contribution is 5.96. The van der Waals surface area contributed by atoms with Gasteiger partial charge in [-0.05, 0) is 48.8 Å². The van der Waals surface area contributed by atoms with Gasteiger partial charge in [0, 0.05) is 24.9 Å². The number of aromatic hydroxyl groups is 1. The zero-order valence-corrected chi connectivity index (χ0v) is 27.8. The Hall–Kier alpha value is -4.46. The summed E-state index contributed by atoms with van der Waals surface area (Å²) in [4.78, 5) is 75.3. The fraction of sp³-hybridized carbons (Fsp3) is 0.576. The molecule has 4 amide bonds. The number of likely N-dealkylation sites (tertiary alicyclic amines) is 1. The number of phenols is 1. The zero-order valence-electron chi connectivity index (χ0n) is 27.8.